The Kier molecular flexibility index (Phi) is 3.28. The Hall–Kier alpha value is -1.31. The van der Waals surface area contributed by atoms with Crippen LogP contribution in [0.15, 0.2) is 24.3 Å². The maximum absolute atomic E-state index is 11.4. The number of hydrogen-bond acceptors (Lipinski definition) is 1. The molecule has 1 aromatic carbocycles. The molecule has 2 unspecified atom stereocenters. The van der Waals surface area contributed by atoms with Crippen molar-refractivity contribution >= 4 is 5.91 Å². The highest BCUT2D eigenvalue weighted by Crippen LogP contribution is 2.25. The fourth-order valence-corrected chi connectivity index (χ4v) is 2.31. The van der Waals surface area contributed by atoms with Gasteiger partial charge in [0, 0.05) is 18.4 Å². The monoisotopic (exact) mass is 217 g/mol. The van der Waals surface area contributed by atoms with E-state index >= 15 is 0 Å². The first kappa shape index (κ1) is 11.2. The fourth-order valence-electron chi connectivity index (χ4n) is 2.31. The Morgan fingerprint density at radius 2 is 2.00 bits per heavy atom. The van der Waals surface area contributed by atoms with Crippen molar-refractivity contribution in [2.75, 3.05) is 0 Å². The van der Waals surface area contributed by atoms with Crippen LogP contribution in [0.3, 0.4) is 0 Å². The number of piperidine rings is 1. The van der Waals surface area contributed by atoms with Crippen molar-refractivity contribution < 1.29 is 4.79 Å². The molecule has 0 saturated carbocycles. The second-order valence-electron chi connectivity index (χ2n) is 4.77. The number of hydrogen-bond donors (Lipinski definition) is 1. The second kappa shape index (κ2) is 4.69. The summed E-state index contributed by atoms with van der Waals surface area (Å²) in [5.41, 5.74) is 2.60. The van der Waals surface area contributed by atoms with Crippen molar-refractivity contribution in [3.8, 4) is 0 Å². The number of carbonyl (C=O) groups excluding carboxylic acids is 1. The average Bonchev–Trinajstić information content (AvgIpc) is 2.29. The molecule has 2 nitrogen and oxygen atoms in total. The Bertz CT molecular complexity index is 369. The molecular formula is C14H19NO. The van der Waals surface area contributed by atoms with Crippen molar-refractivity contribution in [3.05, 3.63) is 35.4 Å². The maximum Gasteiger partial charge on any atom is 0.220 e. The lowest BCUT2D eigenvalue weighted by atomic mass is 9.87. The Balaban J connectivity index is 2.08. The summed E-state index contributed by atoms with van der Waals surface area (Å²) in [5.74, 6) is 0.611. The van der Waals surface area contributed by atoms with Crippen molar-refractivity contribution in [3.63, 3.8) is 0 Å². The minimum Gasteiger partial charge on any atom is -0.353 e. The molecular weight excluding hydrogens is 198 g/mol. The van der Waals surface area contributed by atoms with Gasteiger partial charge >= 0.3 is 0 Å². The lowest BCUT2D eigenvalue weighted by molar-refractivity contribution is -0.123. The number of rotatable bonds is 2. The molecule has 2 heteroatoms. The summed E-state index contributed by atoms with van der Waals surface area (Å²) in [5, 5.41) is 3.09. The van der Waals surface area contributed by atoms with Crippen LogP contribution in [0.2, 0.25) is 0 Å². The molecule has 1 aliphatic heterocycles. The first-order valence-corrected chi connectivity index (χ1v) is 6.03. The summed E-state index contributed by atoms with van der Waals surface area (Å²) in [6.45, 7) is 4.29. The Morgan fingerprint density at radius 3 is 2.62 bits per heavy atom. The van der Waals surface area contributed by atoms with E-state index in [4.69, 9.17) is 0 Å². The number of nitrogens with one attached hydrogen (secondary N) is 1. The van der Waals surface area contributed by atoms with Crippen LogP contribution in [0.1, 0.15) is 43.2 Å². The van der Waals surface area contributed by atoms with Crippen LogP contribution in [-0.2, 0) is 4.79 Å². The van der Waals surface area contributed by atoms with Gasteiger partial charge in [0.15, 0.2) is 0 Å². The molecule has 1 fully saturated rings. The van der Waals surface area contributed by atoms with E-state index in [2.05, 4.69) is 43.4 Å². The molecule has 0 aromatic heterocycles. The quantitative estimate of drug-likeness (QED) is 0.811. The largest absolute Gasteiger partial charge is 0.353 e. The molecule has 0 spiro atoms. The van der Waals surface area contributed by atoms with Gasteiger partial charge in [-0.1, -0.05) is 36.8 Å². The molecule has 2 atom stereocenters. The maximum atomic E-state index is 11.4. The van der Waals surface area contributed by atoms with Gasteiger partial charge in [0.2, 0.25) is 5.91 Å². The van der Waals surface area contributed by atoms with E-state index in [1.165, 1.54) is 11.1 Å². The molecule has 1 N–H and O–H groups in total. The van der Waals surface area contributed by atoms with Crippen LogP contribution in [0.4, 0.5) is 0 Å². The van der Waals surface area contributed by atoms with Crippen molar-refractivity contribution in [1.29, 1.82) is 0 Å². The van der Waals surface area contributed by atoms with Gasteiger partial charge in [-0.05, 0) is 25.3 Å². The SMILES string of the molecule is Cc1ccc(C(C)C2CCCC(=O)N2)cc1. The van der Waals surface area contributed by atoms with Gasteiger partial charge in [-0.3, -0.25) is 4.79 Å². The van der Waals surface area contributed by atoms with E-state index in [0.717, 1.165) is 12.8 Å². The van der Waals surface area contributed by atoms with E-state index in [9.17, 15) is 4.79 Å². The molecule has 86 valence electrons. The molecule has 1 saturated heterocycles. The summed E-state index contributed by atoms with van der Waals surface area (Å²) in [7, 11) is 0. The van der Waals surface area contributed by atoms with Crippen molar-refractivity contribution in [2.24, 2.45) is 0 Å². The molecule has 0 radical (unpaired) electrons. The zero-order chi connectivity index (χ0) is 11.5. The summed E-state index contributed by atoms with van der Waals surface area (Å²) in [4.78, 5) is 11.4. The van der Waals surface area contributed by atoms with Gasteiger partial charge in [0.05, 0.1) is 0 Å². The number of aryl methyl sites for hydroxylation is 1. The van der Waals surface area contributed by atoms with Crippen LogP contribution in [-0.4, -0.2) is 11.9 Å². The lowest BCUT2D eigenvalue weighted by Crippen LogP contribution is -2.41. The summed E-state index contributed by atoms with van der Waals surface area (Å²) >= 11 is 0. The minimum absolute atomic E-state index is 0.204. The van der Waals surface area contributed by atoms with E-state index in [1.54, 1.807) is 0 Å². The van der Waals surface area contributed by atoms with Crippen molar-refractivity contribution in [1.82, 2.24) is 5.32 Å². The molecule has 1 heterocycles. The zero-order valence-corrected chi connectivity index (χ0v) is 9.99. The Labute approximate surface area is 97.1 Å². The van der Waals surface area contributed by atoms with Crippen LogP contribution in [0.25, 0.3) is 0 Å². The predicted molar refractivity (Wildman–Crippen MR) is 65.4 cm³/mol. The molecule has 2 rings (SSSR count). The van der Waals surface area contributed by atoms with Crippen LogP contribution in [0, 0.1) is 6.92 Å². The predicted octanol–water partition coefficient (Wildman–Crippen LogP) is 2.77. The zero-order valence-electron chi connectivity index (χ0n) is 9.99. The van der Waals surface area contributed by atoms with Crippen LogP contribution in [0.5, 0.6) is 0 Å². The van der Waals surface area contributed by atoms with Crippen LogP contribution < -0.4 is 5.32 Å². The standard InChI is InChI=1S/C14H19NO/c1-10-6-8-12(9-7-10)11(2)13-4-3-5-14(16)15-13/h6-9,11,13H,3-5H2,1-2H3,(H,15,16). The highest BCUT2D eigenvalue weighted by Gasteiger charge is 2.24. The van der Waals surface area contributed by atoms with Gasteiger partial charge in [0.25, 0.3) is 0 Å². The average molecular weight is 217 g/mol. The first-order chi connectivity index (χ1) is 7.66. The first-order valence-electron chi connectivity index (χ1n) is 6.03. The molecule has 1 amide bonds. The molecule has 0 aliphatic carbocycles. The van der Waals surface area contributed by atoms with E-state index in [-0.39, 0.29) is 5.91 Å². The number of amides is 1. The third kappa shape index (κ3) is 2.43. The fraction of sp³-hybridized carbons (Fsp3) is 0.500. The smallest absolute Gasteiger partial charge is 0.220 e. The minimum atomic E-state index is 0.204. The van der Waals surface area contributed by atoms with Crippen molar-refractivity contribution in [2.45, 2.75) is 45.1 Å². The van der Waals surface area contributed by atoms with E-state index in [1.807, 2.05) is 0 Å². The topological polar surface area (TPSA) is 29.1 Å². The summed E-state index contributed by atoms with van der Waals surface area (Å²) < 4.78 is 0. The number of carbonyl (C=O) groups is 1. The third-order valence-electron chi connectivity index (χ3n) is 3.47. The third-order valence-corrected chi connectivity index (χ3v) is 3.47. The number of benzene rings is 1. The highest BCUT2D eigenvalue weighted by atomic mass is 16.1. The summed E-state index contributed by atoms with van der Waals surface area (Å²) in [6.07, 6.45) is 2.81. The van der Waals surface area contributed by atoms with Gasteiger partial charge in [-0.2, -0.15) is 0 Å². The Morgan fingerprint density at radius 1 is 1.31 bits per heavy atom. The van der Waals surface area contributed by atoms with Gasteiger partial charge in [-0.25, -0.2) is 0 Å². The van der Waals surface area contributed by atoms with E-state index < -0.39 is 0 Å². The normalized spacial score (nSPS) is 22.6. The van der Waals surface area contributed by atoms with Gasteiger partial charge < -0.3 is 5.32 Å². The molecule has 0 bridgehead atoms. The highest BCUT2D eigenvalue weighted by molar-refractivity contribution is 5.77. The lowest BCUT2D eigenvalue weighted by Gasteiger charge is -2.29. The molecule has 16 heavy (non-hydrogen) atoms. The summed E-state index contributed by atoms with van der Waals surface area (Å²) in [6, 6.07) is 8.91. The molecule has 1 aromatic rings. The van der Waals surface area contributed by atoms with Gasteiger partial charge in [0.1, 0.15) is 0 Å². The van der Waals surface area contributed by atoms with Crippen LogP contribution >= 0.6 is 0 Å². The second-order valence-corrected chi connectivity index (χ2v) is 4.77. The van der Waals surface area contributed by atoms with Gasteiger partial charge in [-0.15, -0.1) is 0 Å². The molecule has 1 aliphatic rings. The van der Waals surface area contributed by atoms with E-state index in [0.29, 0.717) is 18.4 Å².